The van der Waals surface area contributed by atoms with Gasteiger partial charge in [-0.25, -0.2) is 0 Å². The lowest BCUT2D eigenvalue weighted by atomic mass is 9.89. The van der Waals surface area contributed by atoms with E-state index in [0.29, 0.717) is 45.7 Å². The highest BCUT2D eigenvalue weighted by Crippen LogP contribution is 2.37. The Kier molecular flexibility index (Phi) is 44.7. The van der Waals surface area contributed by atoms with Crippen LogP contribution in [0.4, 0.5) is 0 Å². The van der Waals surface area contributed by atoms with Crippen LogP contribution in [-0.2, 0) is 64.4 Å². The molecule has 0 unspecified atom stereocenters. The quantitative estimate of drug-likeness (QED) is 0.0437. The van der Waals surface area contributed by atoms with Crippen LogP contribution in [0.15, 0.2) is 121 Å². The van der Waals surface area contributed by atoms with E-state index in [0.717, 1.165) is 47.9 Å². The van der Waals surface area contributed by atoms with Crippen molar-refractivity contribution in [3.05, 3.63) is 144 Å². The summed E-state index contributed by atoms with van der Waals surface area (Å²) in [6.07, 6.45) is 53.3. The van der Waals surface area contributed by atoms with Gasteiger partial charge in [0.2, 0.25) is 5.91 Å². The fourth-order valence-electron chi connectivity index (χ4n) is 14.6. The van der Waals surface area contributed by atoms with E-state index >= 15 is 0 Å². The van der Waals surface area contributed by atoms with Crippen LogP contribution in [0.5, 0.6) is 0 Å². The van der Waals surface area contributed by atoms with E-state index in [2.05, 4.69) is 92.0 Å². The zero-order chi connectivity index (χ0) is 67.5. The fourth-order valence-corrected chi connectivity index (χ4v) is 14.6. The van der Waals surface area contributed by atoms with Crippen molar-refractivity contribution in [2.75, 3.05) is 6.61 Å². The summed E-state index contributed by atoms with van der Waals surface area (Å²) < 4.78 is 49.2. The van der Waals surface area contributed by atoms with Crippen molar-refractivity contribution in [3.8, 4) is 0 Å². The number of unbranched alkanes of at least 4 members (excludes halogenated alkanes) is 38. The average molecular weight is 1330 g/mol. The first-order chi connectivity index (χ1) is 47.3. The molecule has 96 heavy (non-hydrogen) atoms. The van der Waals surface area contributed by atoms with Crippen molar-refractivity contribution >= 4 is 5.91 Å². The van der Waals surface area contributed by atoms with Crippen LogP contribution < -0.4 is 5.32 Å². The largest absolute Gasteiger partial charge is 0.374 e. The van der Waals surface area contributed by atoms with Crippen LogP contribution in [-0.4, -0.2) is 67.1 Å². The predicted octanol–water partition coefficient (Wildman–Crippen LogP) is 23.9. The van der Waals surface area contributed by atoms with Crippen LogP contribution >= 0.6 is 0 Å². The molecule has 540 valence electrons. The van der Waals surface area contributed by atoms with Crippen LogP contribution in [0.25, 0.3) is 0 Å². The smallest absolute Gasteiger partial charge is 0.220 e. The van der Waals surface area contributed by atoms with Gasteiger partial charge in [0.25, 0.3) is 0 Å². The molecular weight excluding hydrogens is 1190 g/mol. The summed E-state index contributed by atoms with van der Waals surface area (Å²) in [7, 11) is 0. The molecule has 2 saturated heterocycles. The highest BCUT2D eigenvalue weighted by atomic mass is 16.8. The zero-order valence-corrected chi connectivity index (χ0v) is 61.6. The Balaban J connectivity index is 1.07. The summed E-state index contributed by atoms with van der Waals surface area (Å²) in [5.41, 5.74) is 4.28. The number of rotatable bonds is 60. The van der Waals surface area contributed by atoms with Gasteiger partial charge in [-0.3, -0.25) is 4.79 Å². The van der Waals surface area contributed by atoms with Crippen molar-refractivity contribution in [1.29, 1.82) is 0 Å². The van der Waals surface area contributed by atoms with Crippen molar-refractivity contribution < 1.29 is 38.0 Å². The van der Waals surface area contributed by atoms with Gasteiger partial charge in [-0.2, -0.15) is 0 Å². The summed E-state index contributed by atoms with van der Waals surface area (Å²) in [6, 6.07) is 41.0. The van der Waals surface area contributed by atoms with E-state index in [-0.39, 0.29) is 30.8 Å². The maximum absolute atomic E-state index is 14.5. The topological polar surface area (TPSA) is 93.7 Å². The minimum Gasteiger partial charge on any atom is -0.374 e. The monoisotopic (exact) mass is 1330 g/mol. The SMILES string of the molecule is CCCCCCCCCCCCCCCCCCCCCCCCCC(=O)N[C@@H](CC[C@H]1O[C@H](COCc2ccccc2)[C@H](OCc2ccccc2)[C@H](OCc2ccccc2)[C@H]1OCc1ccccc1)[C@@H]1OC(C)(C)O[C@@H]1CCCCCCCCCCCCCCCCCCC. The summed E-state index contributed by atoms with van der Waals surface area (Å²) in [5, 5.41) is 3.61. The summed E-state index contributed by atoms with van der Waals surface area (Å²) in [6.45, 7) is 10.5. The molecule has 4 aromatic carbocycles. The predicted molar refractivity (Wildman–Crippen MR) is 400 cm³/mol. The Morgan fingerprint density at radius 1 is 0.375 bits per heavy atom. The molecule has 0 radical (unpaired) electrons. The van der Waals surface area contributed by atoms with E-state index in [4.69, 9.17) is 33.2 Å². The molecule has 2 heterocycles. The molecule has 0 saturated carbocycles. The fraction of sp³-hybridized carbons (Fsp3) is 0.713. The number of benzene rings is 4. The van der Waals surface area contributed by atoms with Gasteiger partial charge in [-0.1, -0.05) is 386 Å². The van der Waals surface area contributed by atoms with E-state index in [1.165, 1.54) is 238 Å². The van der Waals surface area contributed by atoms with Gasteiger partial charge < -0.3 is 38.5 Å². The highest BCUT2D eigenvalue weighted by molar-refractivity contribution is 5.76. The second kappa shape index (κ2) is 53.0. The molecule has 0 aliphatic carbocycles. The minimum atomic E-state index is -0.789. The van der Waals surface area contributed by atoms with Crippen LogP contribution in [0, 0.1) is 0 Å². The molecule has 4 aromatic rings. The first-order valence-electron chi connectivity index (χ1n) is 40.2. The molecule has 0 spiro atoms. The minimum absolute atomic E-state index is 0.0837. The van der Waals surface area contributed by atoms with Crippen LogP contribution in [0.1, 0.15) is 332 Å². The molecule has 8 atom stereocenters. The lowest BCUT2D eigenvalue weighted by Gasteiger charge is -2.46. The number of carbonyl (C=O) groups is 1. The lowest BCUT2D eigenvalue weighted by Crippen LogP contribution is -2.61. The standard InChI is InChI=1S/C87H139NO8/c1-5-7-9-11-13-15-17-19-21-23-24-25-26-27-28-30-32-34-36-38-40-42-56-66-82(89)88-78(83-80(95-87(3,4)96-83)65-55-41-39-37-35-33-31-29-22-20-18-16-14-12-10-8-6-2)67-68-79-84(91-70-75-59-49-44-50-60-75)86(93-72-77-63-53-46-54-64-77)85(92-71-76-61-51-45-52-62-76)81(94-79)73-90-69-74-57-47-43-48-58-74/h43-54,57-64,78-81,83-86H,5-42,55-56,65-73H2,1-4H3,(H,88,89)/t78-,79+,80+,81+,83-,84-,85-,86+/m0/s1. The van der Waals surface area contributed by atoms with Gasteiger partial charge in [0.15, 0.2) is 5.79 Å². The Morgan fingerprint density at radius 3 is 1.07 bits per heavy atom. The average Bonchev–Trinajstić information content (AvgIpc) is 1.39. The van der Waals surface area contributed by atoms with Crippen LogP contribution in [0.3, 0.4) is 0 Å². The summed E-state index contributed by atoms with van der Waals surface area (Å²) >= 11 is 0. The number of carbonyl (C=O) groups excluding carboxylic acids is 1. The number of ether oxygens (including phenoxy) is 7. The van der Waals surface area contributed by atoms with Gasteiger partial charge in [0.05, 0.1) is 51.3 Å². The Hall–Kier alpha value is -3.93. The third-order valence-corrected chi connectivity index (χ3v) is 20.3. The molecule has 9 heteroatoms. The third kappa shape index (κ3) is 36.4. The summed E-state index contributed by atoms with van der Waals surface area (Å²) in [5.74, 6) is -0.706. The molecule has 1 amide bonds. The number of nitrogens with one attached hydrogen (secondary N) is 1. The first-order valence-corrected chi connectivity index (χ1v) is 40.2. The number of hydrogen-bond acceptors (Lipinski definition) is 8. The maximum Gasteiger partial charge on any atom is 0.220 e. The van der Waals surface area contributed by atoms with Gasteiger partial charge in [0, 0.05) is 6.42 Å². The first kappa shape index (κ1) is 81.0. The molecule has 0 aromatic heterocycles. The maximum atomic E-state index is 14.5. The Morgan fingerprint density at radius 2 is 0.698 bits per heavy atom. The van der Waals surface area contributed by atoms with Crippen LogP contribution in [0.2, 0.25) is 0 Å². The van der Waals surface area contributed by atoms with Crippen molar-refractivity contribution in [2.24, 2.45) is 0 Å². The van der Waals surface area contributed by atoms with Crippen molar-refractivity contribution in [3.63, 3.8) is 0 Å². The normalized spacial score (nSPS) is 19.6. The summed E-state index contributed by atoms with van der Waals surface area (Å²) in [4.78, 5) is 14.5. The highest BCUT2D eigenvalue weighted by Gasteiger charge is 2.50. The number of amides is 1. The van der Waals surface area contributed by atoms with E-state index in [1.807, 2.05) is 62.4 Å². The van der Waals surface area contributed by atoms with Gasteiger partial charge >= 0.3 is 0 Å². The van der Waals surface area contributed by atoms with E-state index < -0.39 is 36.3 Å². The van der Waals surface area contributed by atoms with Gasteiger partial charge in [-0.15, -0.1) is 0 Å². The molecule has 2 aliphatic heterocycles. The molecule has 0 bridgehead atoms. The van der Waals surface area contributed by atoms with Gasteiger partial charge in [-0.05, 0) is 61.8 Å². The molecule has 2 aliphatic rings. The molecule has 2 fully saturated rings. The molecular formula is C87H139NO8. The third-order valence-electron chi connectivity index (χ3n) is 20.3. The van der Waals surface area contributed by atoms with E-state index in [1.54, 1.807) is 0 Å². The molecule has 9 nitrogen and oxygen atoms in total. The Labute approximate surface area is 587 Å². The van der Waals surface area contributed by atoms with Crippen molar-refractivity contribution in [2.45, 2.75) is 391 Å². The second-order valence-corrected chi connectivity index (χ2v) is 29.4. The zero-order valence-electron chi connectivity index (χ0n) is 61.6. The molecule has 1 N–H and O–H groups in total. The number of hydrogen-bond donors (Lipinski definition) is 1. The van der Waals surface area contributed by atoms with Gasteiger partial charge in [0.1, 0.15) is 30.5 Å². The Bertz CT molecular complexity index is 2410. The van der Waals surface area contributed by atoms with E-state index in [9.17, 15) is 4.79 Å². The second-order valence-electron chi connectivity index (χ2n) is 29.4. The molecule has 6 rings (SSSR count). The van der Waals surface area contributed by atoms with Crippen molar-refractivity contribution in [1.82, 2.24) is 5.32 Å². The lowest BCUT2D eigenvalue weighted by molar-refractivity contribution is -0.274.